The lowest BCUT2D eigenvalue weighted by atomic mass is 9.85. The third kappa shape index (κ3) is 3.38. The van der Waals surface area contributed by atoms with E-state index in [9.17, 15) is 14.0 Å². The molecular weight excluding hydrogens is 349 g/mol. The van der Waals surface area contributed by atoms with Gasteiger partial charge in [0.2, 0.25) is 5.91 Å². The molecule has 2 aromatic rings. The Kier molecular flexibility index (Phi) is 4.76. The van der Waals surface area contributed by atoms with Gasteiger partial charge in [-0.3, -0.25) is 4.79 Å². The Morgan fingerprint density at radius 1 is 1.22 bits per heavy atom. The Hall–Kier alpha value is -2.57. The minimum atomic E-state index is -0.312. The van der Waals surface area contributed by atoms with Gasteiger partial charge in [-0.15, -0.1) is 0 Å². The maximum Gasteiger partial charge on any atom is 0.409 e. The Morgan fingerprint density at radius 3 is 2.70 bits per heavy atom. The van der Waals surface area contributed by atoms with Crippen molar-refractivity contribution in [2.24, 2.45) is 5.92 Å². The average molecular weight is 373 g/mol. The fourth-order valence-electron chi connectivity index (χ4n) is 4.18. The molecule has 0 saturated carbocycles. The molecular formula is C20H24FN3O3. The molecule has 6 nitrogen and oxygen atoms in total. The van der Waals surface area contributed by atoms with E-state index < -0.39 is 0 Å². The minimum absolute atomic E-state index is 0.0890. The highest BCUT2D eigenvalue weighted by Gasteiger charge is 2.32. The molecule has 1 aromatic heterocycles. The Bertz CT molecular complexity index is 871. The van der Waals surface area contributed by atoms with Gasteiger partial charge in [0.25, 0.3) is 0 Å². The average Bonchev–Trinajstić information content (AvgIpc) is 3.05. The smallest absolute Gasteiger partial charge is 0.409 e. The summed E-state index contributed by atoms with van der Waals surface area (Å²) in [5.41, 5.74) is 3.11. The van der Waals surface area contributed by atoms with Crippen LogP contribution in [0.25, 0.3) is 10.9 Å². The molecule has 2 aliphatic rings. The van der Waals surface area contributed by atoms with Crippen LogP contribution in [0.4, 0.5) is 9.18 Å². The lowest BCUT2D eigenvalue weighted by molar-refractivity contribution is -0.137. The summed E-state index contributed by atoms with van der Waals surface area (Å²) in [5, 5.41) is 0.884. The first-order valence-electron chi connectivity index (χ1n) is 9.56. The second kappa shape index (κ2) is 7.21. The molecule has 1 atom stereocenters. The van der Waals surface area contributed by atoms with E-state index in [1.165, 1.54) is 6.07 Å². The van der Waals surface area contributed by atoms with Crippen molar-refractivity contribution in [3.63, 3.8) is 0 Å². The summed E-state index contributed by atoms with van der Waals surface area (Å²) >= 11 is 0. The van der Waals surface area contributed by atoms with Gasteiger partial charge in [0.05, 0.1) is 6.61 Å². The number of aromatic amines is 1. The highest BCUT2D eigenvalue weighted by atomic mass is 19.1. The summed E-state index contributed by atoms with van der Waals surface area (Å²) in [6.07, 6.45) is 1.91. The summed E-state index contributed by atoms with van der Waals surface area (Å²) in [7, 11) is 0. The number of carbonyl (C=O) groups is 2. The van der Waals surface area contributed by atoms with Crippen LogP contribution in [0.15, 0.2) is 18.2 Å². The van der Waals surface area contributed by atoms with Crippen LogP contribution in [0.2, 0.25) is 0 Å². The topological polar surface area (TPSA) is 65.6 Å². The quantitative estimate of drug-likeness (QED) is 0.880. The van der Waals surface area contributed by atoms with Crippen LogP contribution in [0.5, 0.6) is 0 Å². The number of benzene rings is 1. The van der Waals surface area contributed by atoms with E-state index in [-0.39, 0.29) is 23.7 Å². The Labute approximate surface area is 157 Å². The summed E-state index contributed by atoms with van der Waals surface area (Å²) in [4.78, 5) is 31.7. The number of piperazine rings is 1. The second-order valence-corrected chi connectivity index (χ2v) is 7.22. The maximum atomic E-state index is 13.7. The third-order valence-corrected chi connectivity index (χ3v) is 5.62. The van der Waals surface area contributed by atoms with Gasteiger partial charge < -0.3 is 19.5 Å². The molecule has 0 bridgehead atoms. The van der Waals surface area contributed by atoms with Crippen LogP contribution in [-0.4, -0.2) is 59.6 Å². The molecule has 1 fully saturated rings. The number of hydrogen-bond acceptors (Lipinski definition) is 3. The number of H-pyrrole nitrogens is 1. The van der Waals surface area contributed by atoms with Gasteiger partial charge in [0, 0.05) is 48.7 Å². The number of nitrogens with one attached hydrogen (secondary N) is 1. The van der Waals surface area contributed by atoms with Gasteiger partial charge in [-0.05, 0) is 49.9 Å². The van der Waals surface area contributed by atoms with E-state index in [1.54, 1.807) is 24.0 Å². The SMILES string of the molecule is CCOC(=O)N1CCN(C(=O)C2CCc3[nH]c4ccc(F)cc4c3C2)CC1. The molecule has 1 unspecified atom stereocenters. The van der Waals surface area contributed by atoms with Crippen LogP contribution >= 0.6 is 0 Å². The zero-order chi connectivity index (χ0) is 19.0. The standard InChI is InChI=1S/C20H24FN3O3/c1-2-27-20(26)24-9-7-23(8-10-24)19(25)13-3-5-17-15(11-13)16-12-14(21)4-6-18(16)22-17/h4,6,12-13,22H,2-3,5,7-11H2,1H3. The van der Waals surface area contributed by atoms with Crippen molar-refractivity contribution in [1.29, 1.82) is 0 Å². The fraction of sp³-hybridized carbons (Fsp3) is 0.500. The van der Waals surface area contributed by atoms with E-state index in [4.69, 9.17) is 4.74 Å². The highest BCUT2D eigenvalue weighted by Crippen LogP contribution is 2.33. The van der Waals surface area contributed by atoms with E-state index in [0.29, 0.717) is 39.2 Å². The minimum Gasteiger partial charge on any atom is -0.450 e. The van der Waals surface area contributed by atoms with Gasteiger partial charge in [-0.2, -0.15) is 0 Å². The van der Waals surface area contributed by atoms with Gasteiger partial charge >= 0.3 is 6.09 Å². The fourth-order valence-corrected chi connectivity index (χ4v) is 4.18. The first-order chi connectivity index (χ1) is 13.1. The van der Waals surface area contributed by atoms with Crippen molar-refractivity contribution >= 4 is 22.9 Å². The van der Waals surface area contributed by atoms with E-state index in [1.807, 2.05) is 4.90 Å². The summed E-state index contributed by atoms with van der Waals surface area (Å²) in [5.74, 6) is -0.211. The third-order valence-electron chi connectivity index (χ3n) is 5.62. The van der Waals surface area contributed by atoms with Gasteiger partial charge in [0.1, 0.15) is 5.82 Å². The lowest BCUT2D eigenvalue weighted by Crippen LogP contribution is -2.52. The van der Waals surface area contributed by atoms with Crippen molar-refractivity contribution in [2.45, 2.75) is 26.2 Å². The molecule has 0 radical (unpaired) electrons. The molecule has 1 aromatic carbocycles. The first kappa shape index (κ1) is 17.8. The Balaban J connectivity index is 1.43. The molecule has 27 heavy (non-hydrogen) atoms. The number of aryl methyl sites for hydroxylation is 1. The number of rotatable bonds is 2. The molecule has 2 heterocycles. The Morgan fingerprint density at radius 2 is 1.96 bits per heavy atom. The van der Waals surface area contributed by atoms with Crippen LogP contribution in [0.1, 0.15) is 24.6 Å². The van der Waals surface area contributed by atoms with E-state index in [2.05, 4.69) is 4.98 Å². The zero-order valence-electron chi connectivity index (χ0n) is 15.5. The number of hydrogen-bond donors (Lipinski definition) is 1. The summed E-state index contributed by atoms with van der Waals surface area (Å²) < 4.78 is 18.7. The first-order valence-corrected chi connectivity index (χ1v) is 9.56. The van der Waals surface area contributed by atoms with Gasteiger partial charge in [-0.25, -0.2) is 9.18 Å². The molecule has 0 spiro atoms. The molecule has 144 valence electrons. The second-order valence-electron chi connectivity index (χ2n) is 7.22. The maximum absolute atomic E-state index is 13.7. The zero-order valence-corrected chi connectivity index (χ0v) is 15.5. The van der Waals surface area contributed by atoms with E-state index in [0.717, 1.165) is 35.0 Å². The molecule has 2 amide bonds. The van der Waals surface area contributed by atoms with Crippen molar-refractivity contribution in [3.8, 4) is 0 Å². The predicted molar refractivity (Wildman–Crippen MR) is 98.9 cm³/mol. The number of nitrogens with zero attached hydrogens (tertiary/aromatic N) is 2. The monoisotopic (exact) mass is 373 g/mol. The van der Waals surface area contributed by atoms with Crippen molar-refractivity contribution in [3.05, 3.63) is 35.3 Å². The summed E-state index contributed by atoms with van der Waals surface area (Å²) in [6, 6.07) is 4.76. The van der Waals surface area contributed by atoms with Crippen LogP contribution in [-0.2, 0) is 22.4 Å². The summed E-state index contributed by atoms with van der Waals surface area (Å²) in [6.45, 7) is 4.20. The molecule has 1 N–H and O–H groups in total. The molecule has 1 aliphatic carbocycles. The number of fused-ring (bicyclic) bond motifs is 3. The molecule has 7 heteroatoms. The van der Waals surface area contributed by atoms with Crippen LogP contribution in [0, 0.1) is 11.7 Å². The predicted octanol–water partition coefficient (Wildman–Crippen LogP) is 2.71. The van der Waals surface area contributed by atoms with Gasteiger partial charge in [-0.1, -0.05) is 0 Å². The number of amides is 2. The highest BCUT2D eigenvalue weighted by molar-refractivity contribution is 5.87. The van der Waals surface area contributed by atoms with Crippen molar-refractivity contribution in [1.82, 2.24) is 14.8 Å². The number of carbonyl (C=O) groups excluding carboxylic acids is 2. The van der Waals surface area contributed by atoms with Crippen molar-refractivity contribution in [2.75, 3.05) is 32.8 Å². The van der Waals surface area contributed by atoms with E-state index >= 15 is 0 Å². The number of ether oxygens (including phenoxy) is 1. The van der Waals surface area contributed by atoms with Crippen molar-refractivity contribution < 1.29 is 18.7 Å². The number of aromatic nitrogens is 1. The largest absolute Gasteiger partial charge is 0.450 e. The molecule has 1 saturated heterocycles. The van der Waals surface area contributed by atoms with Crippen LogP contribution < -0.4 is 0 Å². The van der Waals surface area contributed by atoms with Gasteiger partial charge in [0.15, 0.2) is 0 Å². The van der Waals surface area contributed by atoms with Crippen LogP contribution in [0.3, 0.4) is 0 Å². The normalized spacial score (nSPS) is 19.9. The lowest BCUT2D eigenvalue weighted by Gasteiger charge is -2.36. The number of halogens is 1. The molecule has 1 aliphatic heterocycles. The molecule has 4 rings (SSSR count).